The molecule has 4 aliphatic rings. The largest absolute Gasteiger partial charge is 0.394 e. The van der Waals surface area contributed by atoms with E-state index in [0.29, 0.717) is 0 Å². The number of rotatable bonds is 11. The number of aliphatic hydroxyl groups is 13. The van der Waals surface area contributed by atoms with E-state index in [2.05, 4.69) is 5.32 Å². The van der Waals surface area contributed by atoms with Crippen LogP contribution in [0.5, 0.6) is 0 Å². The Kier molecular flexibility index (Phi) is 13.8. The van der Waals surface area contributed by atoms with Crippen LogP contribution in [0.25, 0.3) is 0 Å². The van der Waals surface area contributed by atoms with Crippen LogP contribution in [0.15, 0.2) is 0 Å². The molecule has 4 saturated heterocycles. The maximum Gasteiger partial charge on any atom is 0.217 e. The van der Waals surface area contributed by atoms with Crippen LogP contribution < -0.4 is 5.32 Å². The molecule has 4 heterocycles. The zero-order valence-electron chi connectivity index (χ0n) is 25.5. The van der Waals surface area contributed by atoms with Crippen molar-refractivity contribution in [2.45, 2.75) is 130 Å². The van der Waals surface area contributed by atoms with Crippen molar-refractivity contribution in [2.75, 3.05) is 26.4 Å². The summed E-state index contributed by atoms with van der Waals surface area (Å²) in [4.78, 5) is 12.2. The minimum absolute atomic E-state index is 0.749. The normalized spacial score (nSPS) is 50.2. The molecule has 20 atom stereocenters. The molecule has 1 unspecified atom stereocenters. The molecule has 14 N–H and O–H groups in total. The lowest BCUT2D eigenvalue weighted by Gasteiger charge is -2.50. The van der Waals surface area contributed by atoms with Crippen molar-refractivity contribution in [2.24, 2.45) is 0 Å². The Labute approximate surface area is 272 Å². The first-order valence-corrected chi connectivity index (χ1v) is 15.1. The van der Waals surface area contributed by atoms with Crippen LogP contribution >= 0.6 is 0 Å². The minimum Gasteiger partial charge on any atom is -0.394 e. The van der Waals surface area contributed by atoms with E-state index in [1.165, 1.54) is 0 Å². The van der Waals surface area contributed by atoms with Crippen LogP contribution in [-0.4, -0.2) is 221 Å². The third-order valence-corrected chi connectivity index (χ3v) is 8.61. The Morgan fingerprint density at radius 2 is 0.917 bits per heavy atom. The third-order valence-electron chi connectivity index (χ3n) is 8.61. The molecule has 0 bridgehead atoms. The predicted molar refractivity (Wildman–Crippen MR) is 145 cm³/mol. The SMILES string of the molecule is CC(=O)N[C@H]1[C@H](O[C@H]2[C@H](O)[C@@H](O)[C@H](O[C@H]3[C@H](O)[C@@H](O)C(O)O[C@@H]3CO)O[C@@H]2CO)O[C@H](CO)[C@@H](O)[C@@H]1O[C@@H]1O[C@H](CO)[C@H](O)[C@H](O)[C@H]1O. The molecule has 0 aromatic carbocycles. The zero-order chi connectivity index (χ0) is 35.6. The molecule has 4 rings (SSSR count). The van der Waals surface area contributed by atoms with Gasteiger partial charge in [-0.2, -0.15) is 0 Å². The van der Waals surface area contributed by atoms with Gasteiger partial charge in [-0.25, -0.2) is 0 Å². The van der Waals surface area contributed by atoms with E-state index < -0.39 is 155 Å². The summed E-state index contributed by atoms with van der Waals surface area (Å²) in [5, 5.41) is 136. The molecular weight excluding hydrogens is 662 g/mol. The number of ether oxygens (including phenoxy) is 7. The molecule has 0 aromatic heterocycles. The molecule has 0 spiro atoms. The second-order valence-corrected chi connectivity index (χ2v) is 11.9. The quantitative estimate of drug-likeness (QED) is 0.0947. The van der Waals surface area contributed by atoms with Crippen molar-refractivity contribution in [3.05, 3.63) is 0 Å². The van der Waals surface area contributed by atoms with Crippen LogP contribution in [-0.2, 0) is 38.0 Å². The molecule has 1 amide bonds. The number of amides is 1. The number of hydrogen-bond donors (Lipinski definition) is 14. The third kappa shape index (κ3) is 8.08. The monoisotopic (exact) mass is 707 g/mol. The summed E-state index contributed by atoms with van der Waals surface area (Å²) in [6, 6.07) is -1.57. The first-order valence-electron chi connectivity index (χ1n) is 15.1. The molecule has 48 heavy (non-hydrogen) atoms. The van der Waals surface area contributed by atoms with E-state index in [1.54, 1.807) is 0 Å². The van der Waals surface area contributed by atoms with E-state index in [4.69, 9.17) is 33.2 Å². The first kappa shape index (κ1) is 39.5. The van der Waals surface area contributed by atoms with E-state index in [0.717, 1.165) is 6.92 Å². The maximum atomic E-state index is 12.2. The molecule has 0 saturated carbocycles. The predicted octanol–water partition coefficient (Wildman–Crippen LogP) is -9.61. The van der Waals surface area contributed by atoms with Crippen LogP contribution in [0.2, 0.25) is 0 Å². The van der Waals surface area contributed by atoms with Gasteiger partial charge in [-0.05, 0) is 0 Å². The summed E-state index contributed by atoms with van der Waals surface area (Å²) < 4.78 is 38.7. The number of nitrogens with one attached hydrogen (secondary N) is 1. The number of aliphatic hydroxyl groups excluding tert-OH is 13. The van der Waals surface area contributed by atoms with E-state index >= 15 is 0 Å². The molecule has 0 aromatic rings. The summed E-state index contributed by atoms with van der Waals surface area (Å²) in [6.45, 7) is -2.37. The highest BCUT2D eigenvalue weighted by molar-refractivity contribution is 5.73. The van der Waals surface area contributed by atoms with Gasteiger partial charge in [-0.15, -0.1) is 0 Å². The second-order valence-electron chi connectivity index (χ2n) is 11.9. The van der Waals surface area contributed by atoms with Crippen molar-refractivity contribution < 1.29 is 104 Å². The van der Waals surface area contributed by atoms with Gasteiger partial charge in [0.05, 0.1) is 26.4 Å². The maximum absolute atomic E-state index is 12.2. The van der Waals surface area contributed by atoms with Gasteiger partial charge in [-0.1, -0.05) is 0 Å². The molecule has 22 heteroatoms. The van der Waals surface area contributed by atoms with Gasteiger partial charge in [0.25, 0.3) is 0 Å². The van der Waals surface area contributed by atoms with Crippen LogP contribution in [0, 0.1) is 0 Å². The lowest BCUT2D eigenvalue weighted by atomic mass is 9.94. The summed E-state index contributed by atoms with van der Waals surface area (Å²) >= 11 is 0. The minimum atomic E-state index is -2.03. The van der Waals surface area contributed by atoms with Crippen molar-refractivity contribution in [3.8, 4) is 0 Å². The molecule has 0 aliphatic carbocycles. The van der Waals surface area contributed by atoms with Crippen molar-refractivity contribution in [1.82, 2.24) is 5.32 Å². The number of carbonyl (C=O) groups excluding carboxylic acids is 1. The van der Waals surface area contributed by atoms with Gasteiger partial charge >= 0.3 is 0 Å². The topological polar surface area (TPSA) is 357 Å². The van der Waals surface area contributed by atoms with Gasteiger partial charge in [0, 0.05) is 6.92 Å². The van der Waals surface area contributed by atoms with Crippen LogP contribution in [0.3, 0.4) is 0 Å². The summed E-state index contributed by atoms with van der Waals surface area (Å²) in [7, 11) is 0. The number of hydrogen-bond acceptors (Lipinski definition) is 21. The van der Waals surface area contributed by atoms with Crippen molar-refractivity contribution >= 4 is 5.91 Å². The van der Waals surface area contributed by atoms with Crippen molar-refractivity contribution in [1.29, 1.82) is 0 Å². The highest BCUT2D eigenvalue weighted by Crippen LogP contribution is 2.34. The highest BCUT2D eigenvalue weighted by atomic mass is 16.8. The fourth-order valence-corrected chi connectivity index (χ4v) is 5.95. The molecule has 22 nitrogen and oxygen atoms in total. The highest BCUT2D eigenvalue weighted by Gasteiger charge is 2.55. The average Bonchev–Trinajstić information content (AvgIpc) is 3.06. The molecule has 4 fully saturated rings. The summed E-state index contributed by atoms with van der Waals surface area (Å²) in [5.74, 6) is -0.749. The average molecular weight is 708 g/mol. The molecule has 280 valence electrons. The van der Waals surface area contributed by atoms with Crippen LogP contribution in [0.4, 0.5) is 0 Å². The van der Waals surface area contributed by atoms with Gasteiger partial charge in [0.2, 0.25) is 5.91 Å². The molecule has 4 aliphatic heterocycles. The Balaban J connectivity index is 1.56. The fraction of sp³-hybridized carbons (Fsp3) is 0.962. The number of carbonyl (C=O) groups is 1. The Bertz CT molecular complexity index is 1020. The van der Waals surface area contributed by atoms with Crippen LogP contribution in [0.1, 0.15) is 6.92 Å². The van der Waals surface area contributed by atoms with Crippen molar-refractivity contribution in [3.63, 3.8) is 0 Å². The Hall–Kier alpha value is -1.33. The van der Waals surface area contributed by atoms with Gasteiger partial charge in [0.1, 0.15) is 97.6 Å². The molecule has 0 radical (unpaired) electrons. The van der Waals surface area contributed by atoms with E-state index in [-0.39, 0.29) is 0 Å². The lowest BCUT2D eigenvalue weighted by molar-refractivity contribution is -0.378. The summed E-state index contributed by atoms with van der Waals surface area (Å²) in [6.07, 6.45) is -33.5. The zero-order valence-corrected chi connectivity index (χ0v) is 25.5. The Morgan fingerprint density at radius 3 is 1.46 bits per heavy atom. The standard InChI is InChI=1S/C26H45NO21/c1-6(32)27-11-22(48-25-18(39)14(35)12(33)7(2-28)44-25)13(34)8(3-29)43-24(11)46-21-10(5-31)45-26(19(40)16(21)37)47-20-9(4-30)42-23(41)17(38)15(20)36/h7-26,28-31,33-41H,2-5H2,1H3,(H,27,32)/t7-,8-,9-,10-,11-,12+,13-,14+,15-,16-,17-,18-,19-,20-,21-,22-,23?,24+,25+,26+/m1/s1. The fourth-order valence-electron chi connectivity index (χ4n) is 5.95. The second kappa shape index (κ2) is 16.8. The molecular formula is C26H45NO21. The van der Waals surface area contributed by atoms with Gasteiger partial charge in [0.15, 0.2) is 25.2 Å². The smallest absolute Gasteiger partial charge is 0.217 e. The van der Waals surface area contributed by atoms with Gasteiger partial charge in [-0.3, -0.25) is 4.79 Å². The summed E-state index contributed by atoms with van der Waals surface area (Å²) in [5.41, 5.74) is 0. The first-order chi connectivity index (χ1) is 22.7. The Morgan fingerprint density at radius 1 is 0.500 bits per heavy atom. The van der Waals surface area contributed by atoms with Gasteiger partial charge < -0.3 is 105 Å². The van der Waals surface area contributed by atoms with E-state index in [9.17, 15) is 71.2 Å². The lowest BCUT2D eigenvalue weighted by Crippen LogP contribution is -2.70. The van der Waals surface area contributed by atoms with E-state index in [1.807, 2.05) is 0 Å².